The van der Waals surface area contributed by atoms with E-state index in [9.17, 15) is 14.9 Å². The fourth-order valence-electron chi connectivity index (χ4n) is 1.94. The zero-order valence-corrected chi connectivity index (χ0v) is 14.8. The summed E-state index contributed by atoms with van der Waals surface area (Å²) in [4.78, 5) is 22.1. The third-order valence-corrected chi connectivity index (χ3v) is 3.66. The molecule has 0 radical (unpaired) electrons. The van der Waals surface area contributed by atoms with Crippen molar-refractivity contribution in [2.45, 2.75) is 6.92 Å². The average Bonchev–Trinajstić information content (AvgIpc) is 2.64. The first kappa shape index (κ1) is 19.2. The van der Waals surface area contributed by atoms with E-state index in [2.05, 4.69) is 10.5 Å². The smallest absolute Gasteiger partial charge is 0.288 e. The molecule has 0 unspecified atom stereocenters. The molecule has 2 aromatic carbocycles. The molecule has 2 rings (SSSR count). The number of rotatable bonds is 7. The predicted molar refractivity (Wildman–Crippen MR) is 96.9 cm³/mol. The van der Waals surface area contributed by atoms with Crippen LogP contribution in [0.1, 0.15) is 12.5 Å². The Morgan fingerprint density at radius 2 is 1.88 bits per heavy atom. The van der Waals surface area contributed by atoms with Crippen molar-refractivity contribution >= 4 is 28.9 Å². The van der Waals surface area contributed by atoms with Gasteiger partial charge in [0.2, 0.25) is 0 Å². The predicted octanol–water partition coefficient (Wildman–Crippen LogP) is 3.18. The molecule has 0 saturated heterocycles. The van der Waals surface area contributed by atoms with E-state index >= 15 is 0 Å². The highest BCUT2D eigenvalue weighted by Crippen LogP contribution is 2.25. The van der Waals surface area contributed by atoms with Crippen LogP contribution in [0.4, 0.5) is 5.69 Å². The van der Waals surface area contributed by atoms with Crippen molar-refractivity contribution in [1.82, 2.24) is 5.43 Å². The summed E-state index contributed by atoms with van der Waals surface area (Å²) in [6, 6.07) is 11.0. The first-order valence-electron chi connectivity index (χ1n) is 7.45. The Labute approximate surface area is 154 Å². The van der Waals surface area contributed by atoms with Gasteiger partial charge in [0.05, 0.1) is 17.7 Å². The van der Waals surface area contributed by atoms with Crippen LogP contribution in [0.5, 0.6) is 11.5 Å². The number of hydrogen-bond donors (Lipinski definition) is 1. The van der Waals surface area contributed by atoms with E-state index in [-0.39, 0.29) is 17.3 Å². The molecule has 9 heteroatoms. The van der Waals surface area contributed by atoms with E-state index in [0.717, 1.165) is 0 Å². The third-order valence-electron chi connectivity index (χ3n) is 3.34. The summed E-state index contributed by atoms with van der Waals surface area (Å²) in [6.45, 7) is 1.38. The molecule has 136 valence electrons. The molecule has 0 saturated carbocycles. The first-order chi connectivity index (χ1) is 12.4. The van der Waals surface area contributed by atoms with Crippen molar-refractivity contribution in [2.24, 2.45) is 5.10 Å². The van der Waals surface area contributed by atoms with E-state index in [4.69, 9.17) is 21.1 Å². The quantitative estimate of drug-likeness (QED) is 0.453. The van der Waals surface area contributed by atoms with Gasteiger partial charge in [0.25, 0.3) is 11.6 Å². The molecule has 26 heavy (non-hydrogen) atoms. The Hall–Kier alpha value is -3.13. The maximum Gasteiger partial charge on any atom is 0.288 e. The number of nitro groups is 1. The monoisotopic (exact) mass is 377 g/mol. The molecular formula is C17H16ClN3O5. The van der Waals surface area contributed by atoms with Gasteiger partial charge in [-0.3, -0.25) is 14.9 Å². The Morgan fingerprint density at radius 3 is 2.50 bits per heavy atom. The average molecular weight is 378 g/mol. The molecule has 0 heterocycles. The molecule has 0 aromatic heterocycles. The number of nitrogens with one attached hydrogen (secondary N) is 1. The highest BCUT2D eigenvalue weighted by atomic mass is 35.5. The van der Waals surface area contributed by atoms with Gasteiger partial charge in [0.15, 0.2) is 6.61 Å². The van der Waals surface area contributed by atoms with Gasteiger partial charge >= 0.3 is 0 Å². The van der Waals surface area contributed by atoms with Crippen molar-refractivity contribution in [1.29, 1.82) is 0 Å². The zero-order chi connectivity index (χ0) is 19.1. The SMILES string of the molecule is COc1ccc(OCC(=O)N/N=C(\C)c2ccc(Cl)c([N+](=O)[O-])c2)cc1. The first-order valence-corrected chi connectivity index (χ1v) is 7.83. The molecule has 1 amide bonds. The van der Waals surface area contributed by atoms with Gasteiger partial charge in [-0.25, -0.2) is 5.43 Å². The van der Waals surface area contributed by atoms with Gasteiger partial charge in [-0.05, 0) is 37.3 Å². The van der Waals surface area contributed by atoms with Gasteiger partial charge < -0.3 is 9.47 Å². The van der Waals surface area contributed by atoms with Crippen LogP contribution in [0.3, 0.4) is 0 Å². The number of halogens is 1. The normalized spacial score (nSPS) is 11.0. The summed E-state index contributed by atoms with van der Waals surface area (Å²) >= 11 is 5.77. The van der Waals surface area contributed by atoms with Crippen molar-refractivity contribution in [3.05, 3.63) is 63.2 Å². The minimum absolute atomic E-state index is 0.0310. The molecule has 8 nitrogen and oxygen atoms in total. The van der Waals surface area contributed by atoms with Crippen molar-refractivity contribution in [3.63, 3.8) is 0 Å². The van der Waals surface area contributed by atoms with E-state index in [1.165, 1.54) is 12.1 Å². The minimum Gasteiger partial charge on any atom is -0.497 e. The van der Waals surface area contributed by atoms with Crippen LogP contribution in [-0.4, -0.2) is 30.3 Å². The Balaban J connectivity index is 1.94. The number of nitro benzene ring substituents is 1. The molecule has 0 bridgehead atoms. The maximum absolute atomic E-state index is 11.8. The summed E-state index contributed by atoms with van der Waals surface area (Å²) in [7, 11) is 1.55. The van der Waals surface area contributed by atoms with Crippen molar-refractivity contribution in [3.8, 4) is 11.5 Å². The summed E-state index contributed by atoms with van der Waals surface area (Å²) in [5.74, 6) is 0.720. The van der Waals surface area contributed by atoms with Crippen LogP contribution in [0.15, 0.2) is 47.6 Å². The lowest BCUT2D eigenvalue weighted by Crippen LogP contribution is -2.25. The van der Waals surface area contributed by atoms with Gasteiger partial charge in [-0.1, -0.05) is 17.7 Å². The molecule has 0 aliphatic heterocycles. The number of amides is 1. The molecule has 0 atom stereocenters. The minimum atomic E-state index is -0.583. The van der Waals surface area contributed by atoms with Crippen molar-refractivity contribution < 1.29 is 19.2 Å². The number of benzene rings is 2. The third kappa shape index (κ3) is 5.18. The van der Waals surface area contributed by atoms with E-state index in [1.807, 2.05) is 0 Å². The van der Waals surface area contributed by atoms with Gasteiger partial charge in [0.1, 0.15) is 16.5 Å². The maximum atomic E-state index is 11.8. The van der Waals surface area contributed by atoms with Crippen LogP contribution >= 0.6 is 11.6 Å². The van der Waals surface area contributed by atoms with Crippen LogP contribution in [-0.2, 0) is 4.79 Å². The lowest BCUT2D eigenvalue weighted by atomic mass is 10.1. The molecule has 0 fully saturated rings. The largest absolute Gasteiger partial charge is 0.497 e. The molecule has 0 aliphatic carbocycles. The number of ether oxygens (including phenoxy) is 2. The number of hydrogen-bond acceptors (Lipinski definition) is 6. The number of carbonyl (C=O) groups is 1. The number of methoxy groups -OCH3 is 1. The summed E-state index contributed by atoms with van der Waals surface area (Å²) in [5, 5.41) is 14.9. The van der Waals surface area contributed by atoms with Crippen LogP contribution in [0.2, 0.25) is 5.02 Å². The fraction of sp³-hybridized carbons (Fsp3) is 0.176. The van der Waals surface area contributed by atoms with Gasteiger partial charge in [-0.2, -0.15) is 5.10 Å². The fourth-order valence-corrected chi connectivity index (χ4v) is 2.13. The van der Waals surface area contributed by atoms with Crippen LogP contribution in [0, 0.1) is 10.1 Å². The Kier molecular flexibility index (Phi) is 6.51. The van der Waals surface area contributed by atoms with Gasteiger partial charge in [-0.15, -0.1) is 0 Å². The van der Waals surface area contributed by atoms with Crippen LogP contribution < -0.4 is 14.9 Å². The molecule has 2 aromatic rings. The summed E-state index contributed by atoms with van der Waals surface area (Å²) in [6.07, 6.45) is 0. The van der Waals surface area contributed by atoms with Crippen LogP contribution in [0.25, 0.3) is 0 Å². The van der Waals surface area contributed by atoms with E-state index < -0.39 is 10.8 Å². The van der Waals surface area contributed by atoms with Crippen molar-refractivity contribution in [2.75, 3.05) is 13.7 Å². The lowest BCUT2D eigenvalue weighted by molar-refractivity contribution is -0.384. The molecular weight excluding hydrogens is 362 g/mol. The standard InChI is InChI=1S/C17H16ClN3O5/c1-11(12-3-8-15(18)16(9-12)21(23)24)19-20-17(22)10-26-14-6-4-13(25-2)5-7-14/h3-9H,10H2,1-2H3,(H,20,22)/b19-11+. The topological polar surface area (TPSA) is 103 Å². The Bertz CT molecular complexity index is 837. The Morgan fingerprint density at radius 1 is 1.23 bits per heavy atom. The second-order valence-corrected chi connectivity index (χ2v) is 5.53. The second-order valence-electron chi connectivity index (χ2n) is 5.12. The van der Waals surface area contributed by atoms with E-state index in [0.29, 0.717) is 22.8 Å². The number of nitrogens with zero attached hydrogens (tertiary/aromatic N) is 2. The molecule has 0 aliphatic rings. The summed E-state index contributed by atoms with van der Waals surface area (Å²) in [5.41, 5.74) is 2.97. The number of hydrazone groups is 1. The lowest BCUT2D eigenvalue weighted by Gasteiger charge is -2.07. The molecule has 1 N–H and O–H groups in total. The summed E-state index contributed by atoms with van der Waals surface area (Å²) < 4.78 is 10.4. The van der Waals surface area contributed by atoms with E-state index in [1.54, 1.807) is 44.4 Å². The highest BCUT2D eigenvalue weighted by molar-refractivity contribution is 6.32. The number of carbonyl (C=O) groups excluding carboxylic acids is 1. The molecule has 0 spiro atoms. The second kappa shape index (κ2) is 8.82. The highest BCUT2D eigenvalue weighted by Gasteiger charge is 2.14. The van der Waals surface area contributed by atoms with Gasteiger partial charge in [0, 0.05) is 11.6 Å². The zero-order valence-electron chi connectivity index (χ0n) is 14.1.